The second-order valence-corrected chi connectivity index (χ2v) is 15.5. The molecule has 2 aromatic carbocycles. The van der Waals surface area contributed by atoms with Crippen LogP contribution in [0, 0.1) is 17.5 Å². The van der Waals surface area contributed by atoms with Crippen molar-refractivity contribution >= 4 is 27.5 Å². The first-order chi connectivity index (χ1) is 23.2. The molecule has 1 saturated carbocycles. The Morgan fingerprint density at radius 1 is 0.980 bits per heavy atom. The van der Waals surface area contributed by atoms with Gasteiger partial charge in [0.1, 0.15) is 22.8 Å². The number of nitrogens with one attached hydrogen (secondary N) is 1. The average Bonchev–Trinajstić information content (AvgIpc) is 3.74. The number of benzene rings is 2. The standard InChI is InChI=1S/C35H39F3N6O4S/c1-22-20-42(15-16-43(22)34(45)48-35(2,3)4)25-9-10-31(29(37)19-25)44-21-28(33(40-44)23-11-13-39-14-12-23)27-17-24(36)18-30(32(27)38)41-49(46,47)26-7-5-6-8-26/h9-14,17-19,21-22,26,41H,5-8,15-16,20H2,1-4H3/t22-/m1/s1. The zero-order chi connectivity index (χ0) is 35.1. The Labute approximate surface area is 283 Å². The zero-order valence-corrected chi connectivity index (χ0v) is 28.6. The molecular formula is C35H39F3N6O4S. The van der Waals surface area contributed by atoms with Gasteiger partial charge in [-0.25, -0.2) is 31.1 Å². The number of rotatable bonds is 7. The van der Waals surface area contributed by atoms with Gasteiger partial charge in [0.15, 0.2) is 11.6 Å². The molecule has 2 aliphatic rings. The number of hydrogen-bond acceptors (Lipinski definition) is 7. The van der Waals surface area contributed by atoms with Crippen molar-refractivity contribution in [2.24, 2.45) is 0 Å². The smallest absolute Gasteiger partial charge is 0.410 e. The van der Waals surface area contributed by atoms with Gasteiger partial charge in [-0.15, -0.1) is 0 Å². The molecule has 260 valence electrons. The van der Waals surface area contributed by atoms with Gasteiger partial charge in [0.05, 0.1) is 10.9 Å². The summed E-state index contributed by atoms with van der Waals surface area (Å²) in [6.07, 6.45) is 6.42. The van der Waals surface area contributed by atoms with Crippen molar-refractivity contribution in [1.82, 2.24) is 19.7 Å². The lowest BCUT2D eigenvalue weighted by Gasteiger charge is -2.41. The van der Waals surface area contributed by atoms with E-state index in [1.807, 2.05) is 32.6 Å². The van der Waals surface area contributed by atoms with Crippen LogP contribution in [0.3, 0.4) is 0 Å². The Morgan fingerprint density at radius 3 is 2.35 bits per heavy atom. The van der Waals surface area contributed by atoms with E-state index in [1.165, 1.54) is 29.3 Å². The van der Waals surface area contributed by atoms with E-state index in [4.69, 9.17) is 4.74 Å². The molecule has 0 radical (unpaired) electrons. The number of anilines is 2. The van der Waals surface area contributed by atoms with Gasteiger partial charge < -0.3 is 14.5 Å². The van der Waals surface area contributed by atoms with E-state index in [2.05, 4.69) is 14.8 Å². The van der Waals surface area contributed by atoms with E-state index < -0.39 is 50.1 Å². The Hall–Kier alpha value is -4.59. The monoisotopic (exact) mass is 696 g/mol. The van der Waals surface area contributed by atoms with Crippen molar-refractivity contribution in [2.45, 2.75) is 70.3 Å². The molecule has 2 fully saturated rings. The van der Waals surface area contributed by atoms with Crippen LogP contribution in [0.5, 0.6) is 0 Å². The molecule has 1 atom stereocenters. The van der Waals surface area contributed by atoms with Gasteiger partial charge in [0, 0.05) is 72.7 Å². The zero-order valence-electron chi connectivity index (χ0n) is 27.8. The van der Waals surface area contributed by atoms with Crippen molar-refractivity contribution in [3.63, 3.8) is 0 Å². The summed E-state index contributed by atoms with van der Waals surface area (Å²) in [4.78, 5) is 20.3. The van der Waals surface area contributed by atoms with Crippen LogP contribution >= 0.6 is 0 Å². The number of aromatic nitrogens is 3. The van der Waals surface area contributed by atoms with Crippen LogP contribution in [0.25, 0.3) is 28.1 Å². The second-order valence-electron chi connectivity index (χ2n) is 13.5. The number of amides is 1. The minimum absolute atomic E-state index is 0.0599. The van der Waals surface area contributed by atoms with Crippen LogP contribution in [0.4, 0.5) is 29.3 Å². The fraction of sp³-hybridized carbons (Fsp3) is 0.400. The van der Waals surface area contributed by atoms with Crippen molar-refractivity contribution in [2.75, 3.05) is 29.3 Å². The first kappa shape index (κ1) is 34.3. The van der Waals surface area contributed by atoms with Crippen LogP contribution < -0.4 is 9.62 Å². The third kappa shape index (κ3) is 7.38. The third-order valence-electron chi connectivity index (χ3n) is 8.79. The van der Waals surface area contributed by atoms with E-state index in [9.17, 15) is 13.2 Å². The highest BCUT2D eigenvalue weighted by atomic mass is 32.2. The summed E-state index contributed by atoms with van der Waals surface area (Å²) in [5, 5.41) is 3.90. The number of sulfonamides is 1. The van der Waals surface area contributed by atoms with Gasteiger partial charge in [-0.2, -0.15) is 5.10 Å². The summed E-state index contributed by atoms with van der Waals surface area (Å²) in [6, 6.07) is 9.52. The van der Waals surface area contributed by atoms with Gasteiger partial charge in [-0.1, -0.05) is 12.8 Å². The molecule has 49 heavy (non-hydrogen) atoms. The highest BCUT2D eigenvalue weighted by Gasteiger charge is 2.32. The summed E-state index contributed by atoms with van der Waals surface area (Å²) in [5.41, 5.74) is 0.148. The van der Waals surface area contributed by atoms with Crippen LogP contribution in [0.2, 0.25) is 0 Å². The maximum atomic E-state index is 16.1. The van der Waals surface area contributed by atoms with Gasteiger partial charge in [-0.3, -0.25) is 9.71 Å². The number of carbonyl (C=O) groups is 1. The summed E-state index contributed by atoms with van der Waals surface area (Å²) in [7, 11) is -3.95. The first-order valence-corrected chi connectivity index (χ1v) is 17.8. The molecule has 3 heterocycles. The molecule has 0 unspecified atom stereocenters. The van der Waals surface area contributed by atoms with E-state index in [1.54, 1.807) is 29.2 Å². The Morgan fingerprint density at radius 2 is 1.69 bits per heavy atom. The van der Waals surface area contributed by atoms with E-state index in [0.717, 1.165) is 25.0 Å². The van der Waals surface area contributed by atoms with Crippen LogP contribution in [-0.2, 0) is 14.8 Å². The molecule has 1 saturated heterocycles. The molecule has 14 heteroatoms. The largest absolute Gasteiger partial charge is 0.444 e. The number of hydrogen-bond donors (Lipinski definition) is 1. The molecule has 2 aromatic heterocycles. The Bertz CT molecular complexity index is 1960. The van der Waals surface area contributed by atoms with E-state index in [-0.39, 0.29) is 28.6 Å². The van der Waals surface area contributed by atoms with Crippen molar-refractivity contribution < 1.29 is 31.1 Å². The molecular weight excluding hydrogens is 657 g/mol. The topological polar surface area (TPSA) is 110 Å². The fourth-order valence-corrected chi connectivity index (χ4v) is 7.95. The highest BCUT2D eigenvalue weighted by Crippen LogP contribution is 2.38. The fourth-order valence-electron chi connectivity index (χ4n) is 6.37. The Kier molecular flexibility index (Phi) is 9.36. The van der Waals surface area contributed by atoms with E-state index in [0.29, 0.717) is 43.7 Å². The van der Waals surface area contributed by atoms with Crippen molar-refractivity contribution in [3.8, 4) is 28.1 Å². The summed E-state index contributed by atoms with van der Waals surface area (Å²) in [5.74, 6) is -2.45. The Balaban J connectivity index is 1.32. The molecule has 4 aromatic rings. The maximum absolute atomic E-state index is 16.1. The van der Waals surface area contributed by atoms with Crippen molar-refractivity contribution in [1.29, 1.82) is 0 Å². The van der Waals surface area contributed by atoms with Crippen LogP contribution in [0.1, 0.15) is 53.4 Å². The number of carbonyl (C=O) groups excluding carboxylic acids is 1. The molecule has 6 rings (SSSR count). The first-order valence-electron chi connectivity index (χ1n) is 16.3. The van der Waals surface area contributed by atoms with Gasteiger partial charge in [0.25, 0.3) is 0 Å². The lowest BCUT2D eigenvalue weighted by Crippen LogP contribution is -2.55. The quantitative estimate of drug-likeness (QED) is 0.219. The SMILES string of the molecule is C[C@@H]1CN(c2ccc(-n3cc(-c4cc(F)cc(NS(=O)(=O)C5CCCC5)c4F)c(-c4ccncc4)n3)c(F)c2)CCN1C(=O)OC(C)(C)C. The lowest BCUT2D eigenvalue weighted by molar-refractivity contribution is 0.0159. The molecule has 1 amide bonds. The summed E-state index contributed by atoms with van der Waals surface area (Å²) in [6.45, 7) is 8.66. The van der Waals surface area contributed by atoms with Gasteiger partial charge >= 0.3 is 6.09 Å². The second kappa shape index (κ2) is 13.4. The van der Waals surface area contributed by atoms with Crippen molar-refractivity contribution in [3.05, 3.63) is 78.5 Å². The van der Waals surface area contributed by atoms with Gasteiger partial charge in [0.2, 0.25) is 10.0 Å². The van der Waals surface area contributed by atoms with E-state index >= 15 is 13.2 Å². The van der Waals surface area contributed by atoms with Gasteiger partial charge in [-0.05, 0) is 76.9 Å². The maximum Gasteiger partial charge on any atom is 0.410 e. The number of ether oxygens (including phenoxy) is 1. The molecule has 1 aliphatic heterocycles. The number of piperazine rings is 1. The molecule has 1 N–H and O–H groups in total. The predicted molar refractivity (Wildman–Crippen MR) is 182 cm³/mol. The highest BCUT2D eigenvalue weighted by molar-refractivity contribution is 7.93. The average molecular weight is 697 g/mol. The molecule has 1 aliphatic carbocycles. The predicted octanol–water partition coefficient (Wildman–Crippen LogP) is 7.15. The van der Waals surface area contributed by atoms with Crippen LogP contribution in [0.15, 0.2) is 61.1 Å². The molecule has 0 spiro atoms. The minimum atomic E-state index is -3.95. The number of pyridine rings is 1. The summed E-state index contributed by atoms with van der Waals surface area (Å²) < 4.78 is 82.1. The number of nitrogens with zero attached hydrogens (tertiary/aromatic N) is 5. The summed E-state index contributed by atoms with van der Waals surface area (Å²) >= 11 is 0. The molecule has 10 nitrogen and oxygen atoms in total. The molecule has 0 bridgehead atoms. The number of halogens is 3. The lowest BCUT2D eigenvalue weighted by atomic mass is 10.0. The van der Waals surface area contributed by atoms with Crippen LogP contribution in [-0.4, -0.2) is 70.7 Å². The minimum Gasteiger partial charge on any atom is -0.444 e. The normalized spacial score (nSPS) is 17.4. The third-order valence-corrected chi connectivity index (χ3v) is 10.6.